The van der Waals surface area contributed by atoms with Crippen LogP contribution < -0.4 is 10.2 Å². The van der Waals surface area contributed by atoms with Crippen LogP contribution in [-0.4, -0.2) is 23.5 Å². The van der Waals surface area contributed by atoms with E-state index in [1.54, 1.807) is 26.0 Å². The van der Waals surface area contributed by atoms with Gasteiger partial charge in [0, 0.05) is 23.5 Å². The number of hydrogen-bond acceptors (Lipinski definition) is 4. The second-order valence-electron chi connectivity index (χ2n) is 5.99. The molecule has 0 fully saturated rings. The summed E-state index contributed by atoms with van der Waals surface area (Å²) >= 11 is 0. The van der Waals surface area contributed by atoms with Crippen molar-refractivity contribution in [2.75, 3.05) is 0 Å². The van der Waals surface area contributed by atoms with Gasteiger partial charge in [0.05, 0.1) is 0 Å². The number of rotatable bonds is 8. The molecule has 0 aliphatic rings. The first-order chi connectivity index (χ1) is 11.2. The Morgan fingerprint density at radius 1 is 0.680 bits per heavy atom. The van der Waals surface area contributed by atoms with Gasteiger partial charge in [-0.25, -0.2) is 0 Å². The molecular formula is C20H36N2O2Zn. The third kappa shape index (κ3) is 19.2. The average molecular weight is 402 g/mol. The van der Waals surface area contributed by atoms with Crippen LogP contribution in [0.25, 0.3) is 0 Å². The molecule has 0 rings (SSSR count). The van der Waals surface area contributed by atoms with Crippen LogP contribution in [0.1, 0.15) is 81.1 Å². The number of aliphatic imine (C=N–C) groups is 2. The summed E-state index contributed by atoms with van der Waals surface area (Å²) in [5.41, 5.74) is 1.69. The van der Waals surface area contributed by atoms with E-state index < -0.39 is 0 Å². The molecule has 0 aromatic carbocycles. The van der Waals surface area contributed by atoms with Crippen molar-refractivity contribution >= 4 is 11.4 Å². The quantitative estimate of drug-likeness (QED) is 0.352. The van der Waals surface area contributed by atoms with Gasteiger partial charge in [-0.3, -0.25) is 9.98 Å². The normalized spacial score (nSPS) is 13.5. The molecule has 0 heterocycles. The van der Waals surface area contributed by atoms with Crippen molar-refractivity contribution in [3.63, 3.8) is 0 Å². The standard InChI is InChI=1S/2C10H19NO.Zn/c2*1-5-10(6-2)11-8(3)7-9(4)12;/h2*7,10,12H,5-6H2,1-4H3;/q;;+2/p-2/b2*9-7-,11-8?;. The van der Waals surface area contributed by atoms with Crippen molar-refractivity contribution in [2.45, 2.75) is 93.2 Å². The largest absolute Gasteiger partial charge is 2.00 e. The number of nitrogens with zero attached hydrogens (tertiary/aromatic N) is 2. The van der Waals surface area contributed by atoms with Gasteiger partial charge in [-0.05, 0) is 39.5 Å². The fourth-order valence-electron chi connectivity index (χ4n) is 2.18. The summed E-state index contributed by atoms with van der Waals surface area (Å²) in [6.07, 6.45) is 7.33. The predicted molar refractivity (Wildman–Crippen MR) is 102 cm³/mol. The summed E-state index contributed by atoms with van der Waals surface area (Å²) in [7, 11) is 0. The van der Waals surface area contributed by atoms with Gasteiger partial charge in [0.15, 0.2) is 0 Å². The Morgan fingerprint density at radius 3 is 1.08 bits per heavy atom. The molecule has 0 aliphatic carbocycles. The van der Waals surface area contributed by atoms with Gasteiger partial charge in [-0.15, -0.1) is 11.5 Å². The van der Waals surface area contributed by atoms with Crippen LogP contribution in [0.4, 0.5) is 0 Å². The minimum atomic E-state index is 0. The van der Waals surface area contributed by atoms with Crippen molar-refractivity contribution < 1.29 is 29.7 Å². The molecule has 0 N–H and O–H groups in total. The maximum atomic E-state index is 10.7. The Labute approximate surface area is 168 Å². The second-order valence-corrected chi connectivity index (χ2v) is 5.99. The Morgan fingerprint density at radius 2 is 0.920 bits per heavy atom. The van der Waals surface area contributed by atoms with Gasteiger partial charge in [-0.2, -0.15) is 0 Å². The van der Waals surface area contributed by atoms with Gasteiger partial charge in [-0.1, -0.05) is 53.7 Å². The monoisotopic (exact) mass is 400 g/mol. The molecule has 0 radical (unpaired) electrons. The third-order valence-corrected chi connectivity index (χ3v) is 3.48. The number of hydrogen-bond donors (Lipinski definition) is 0. The molecule has 4 nitrogen and oxygen atoms in total. The summed E-state index contributed by atoms with van der Waals surface area (Å²) in [4.78, 5) is 8.79. The molecule has 0 saturated carbocycles. The van der Waals surface area contributed by atoms with Gasteiger partial charge in [0.1, 0.15) is 0 Å². The van der Waals surface area contributed by atoms with Crippen molar-refractivity contribution in [3.8, 4) is 0 Å². The Bertz CT molecular complexity index is 397. The molecular weight excluding hydrogens is 366 g/mol. The van der Waals surface area contributed by atoms with Gasteiger partial charge in [0.2, 0.25) is 0 Å². The summed E-state index contributed by atoms with van der Waals surface area (Å²) in [6.45, 7) is 15.3. The fraction of sp³-hybridized carbons (Fsp3) is 0.700. The molecule has 0 aliphatic heterocycles. The Balaban J connectivity index is -0.000000372. The van der Waals surface area contributed by atoms with E-state index in [0.29, 0.717) is 12.1 Å². The van der Waals surface area contributed by atoms with Crippen molar-refractivity contribution in [3.05, 3.63) is 23.7 Å². The zero-order chi connectivity index (χ0) is 19.1. The van der Waals surface area contributed by atoms with E-state index in [-0.39, 0.29) is 31.0 Å². The van der Waals surface area contributed by atoms with Crippen LogP contribution in [0, 0.1) is 0 Å². The maximum absolute atomic E-state index is 10.7. The van der Waals surface area contributed by atoms with Crippen molar-refractivity contribution in [1.82, 2.24) is 0 Å². The summed E-state index contributed by atoms with van der Waals surface area (Å²) in [5, 5.41) is 21.4. The minimum absolute atomic E-state index is 0. The molecule has 25 heavy (non-hydrogen) atoms. The number of allylic oxidation sites excluding steroid dienone is 4. The van der Waals surface area contributed by atoms with E-state index in [2.05, 4.69) is 37.7 Å². The summed E-state index contributed by atoms with van der Waals surface area (Å²) < 4.78 is 0. The zero-order valence-electron chi connectivity index (χ0n) is 17.6. The maximum Gasteiger partial charge on any atom is 2.00 e. The van der Waals surface area contributed by atoms with Crippen molar-refractivity contribution in [1.29, 1.82) is 0 Å². The molecule has 0 aromatic heterocycles. The molecule has 0 amide bonds. The predicted octanol–water partition coefficient (Wildman–Crippen LogP) is 3.80. The average Bonchev–Trinajstić information content (AvgIpc) is 2.49. The Hall–Kier alpha value is -0.957. The van der Waals surface area contributed by atoms with Gasteiger partial charge >= 0.3 is 19.5 Å². The van der Waals surface area contributed by atoms with E-state index in [9.17, 15) is 10.2 Å². The zero-order valence-corrected chi connectivity index (χ0v) is 20.5. The Kier molecular flexibility index (Phi) is 20.6. The van der Waals surface area contributed by atoms with Crippen molar-refractivity contribution in [2.24, 2.45) is 9.98 Å². The van der Waals surface area contributed by atoms with Crippen LogP contribution in [0.5, 0.6) is 0 Å². The molecule has 0 unspecified atom stereocenters. The fourth-order valence-corrected chi connectivity index (χ4v) is 2.18. The smallest absolute Gasteiger partial charge is 0.876 e. The van der Waals surface area contributed by atoms with E-state index in [4.69, 9.17) is 0 Å². The van der Waals surface area contributed by atoms with E-state index in [1.807, 2.05) is 13.8 Å². The van der Waals surface area contributed by atoms with Crippen LogP contribution >= 0.6 is 0 Å². The van der Waals surface area contributed by atoms with Crippen LogP contribution in [-0.2, 0) is 19.5 Å². The molecule has 0 bridgehead atoms. The van der Waals surface area contributed by atoms with E-state index in [0.717, 1.165) is 37.1 Å². The second kappa shape index (κ2) is 17.9. The van der Waals surface area contributed by atoms with Gasteiger partial charge < -0.3 is 10.2 Å². The topological polar surface area (TPSA) is 70.8 Å². The molecule has 140 valence electrons. The molecule has 0 saturated heterocycles. The first kappa shape index (κ1) is 28.8. The van der Waals surface area contributed by atoms with E-state index >= 15 is 0 Å². The molecule has 5 heteroatoms. The molecule has 0 atom stereocenters. The SMILES string of the molecule is CCC(CC)N=C(C)/C=C(/C)[O-].CCC(CC)N=C(C)/C=C(/C)[O-].[Zn+2]. The third-order valence-electron chi connectivity index (χ3n) is 3.48. The first-order valence-electron chi connectivity index (χ1n) is 8.99. The minimum Gasteiger partial charge on any atom is -0.876 e. The van der Waals surface area contributed by atoms with Gasteiger partial charge in [0.25, 0.3) is 0 Å². The summed E-state index contributed by atoms with van der Waals surface area (Å²) in [5.74, 6) is 0.143. The molecule has 0 spiro atoms. The first-order valence-corrected chi connectivity index (χ1v) is 8.99. The molecule has 0 aromatic rings. The summed E-state index contributed by atoms with van der Waals surface area (Å²) in [6, 6.07) is 0.751. The van der Waals surface area contributed by atoms with E-state index in [1.165, 1.54) is 0 Å². The van der Waals surface area contributed by atoms with Crippen LogP contribution in [0.15, 0.2) is 33.7 Å². The van der Waals surface area contributed by atoms with Crippen LogP contribution in [0.3, 0.4) is 0 Å². The van der Waals surface area contributed by atoms with Crippen LogP contribution in [0.2, 0.25) is 0 Å².